The van der Waals surface area contributed by atoms with Gasteiger partial charge < -0.3 is 40.6 Å². The summed E-state index contributed by atoms with van der Waals surface area (Å²) in [6, 6.07) is 13.2. The second-order valence-corrected chi connectivity index (χ2v) is 14.8. The van der Waals surface area contributed by atoms with Gasteiger partial charge in [0.15, 0.2) is 0 Å². The Kier molecular flexibility index (Phi) is 11.7. The smallest absolute Gasteiger partial charge is 0.407 e. The Labute approximate surface area is 319 Å². The van der Waals surface area contributed by atoms with E-state index >= 15 is 0 Å². The monoisotopic (exact) mass is 752 g/mol. The maximum Gasteiger partial charge on any atom is 0.407 e. The SMILES string of the molecule is COC(=O)NC(C(=O)N1CCCC1C(=O)Nc1nccc2cc(-c3ccc(-c4cnc(C5CCCN5C(=O)C(NC(=O)O)C(C)C)[nH]4)cc3)ccc12)C(C)C. The highest BCUT2D eigenvalue weighted by Crippen LogP contribution is 2.34. The minimum absolute atomic E-state index is 0.202. The summed E-state index contributed by atoms with van der Waals surface area (Å²) in [4.78, 5) is 79.4. The first-order valence-electron chi connectivity index (χ1n) is 18.7. The lowest BCUT2D eigenvalue weighted by Crippen LogP contribution is -2.54. The van der Waals surface area contributed by atoms with Crippen LogP contribution in [0, 0.1) is 11.8 Å². The lowest BCUT2D eigenvalue weighted by atomic mass is 10.00. The van der Waals surface area contributed by atoms with Crippen molar-refractivity contribution in [3.63, 3.8) is 0 Å². The molecule has 2 fully saturated rings. The number of hydrogen-bond acceptors (Lipinski definition) is 8. The van der Waals surface area contributed by atoms with Crippen LogP contribution in [0.15, 0.2) is 60.9 Å². The largest absolute Gasteiger partial charge is 0.465 e. The van der Waals surface area contributed by atoms with Crippen molar-refractivity contribution in [3.8, 4) is 22.4 Å². The third-order valence-corrected chi connectivity index (χ3v) is 10.4. The third kappa shape index (κ3) is 8.40. The Morgan fingerprint density at radius 2 is 1.45 bits per heavy atom. The number of carbonyl (C=O) groups excluding carboxylic acids is 4. The van der Waals surface area contributed by atoms with Crippen LogP contribution >= 0.6 is 0 Å². The number of hydrogen-bond donors (Lipinski definition) is 5. The number of anilines is 1. The summed E-state index contributed by atoms with van der Waals surface area (Å²) in [7, 11) is 1.24. The highest BCUT2D eigenvalue weighted by atomic mass is 16.5. The molecule has 2 saturated heterocycles. The summed E-state index contributed by atoms with van der Waals surface area (Å²) in [6.07, 6.45) is 4.14. The molecule has 55 heavy (non-hydrogen) atoms. The molecule has 6 rings (SSSR count). The predicted octanol–water partition coefficient (Wildman–Crippen LogP) is 5.56. The molecule has 290 valence electrons. The van der Waals surface area contributed by atoms with Crippen LogP contribution in [0.5, 0.6) is 0 Å². The van der Waals surface area contributed by atoms with Gasteiger partial charge in [-0.15, -0.1) is 0 Å². The van der Waals surface area contributed by atoms with E-state index in [1.807, 2.05) is 76.2 Å². The van der Waals surface area contributed by atoms with E-state index in [1.165, 1.54) is 12.0 Å². The van der Waals surface area contributed by atoms with Gasteiger partial charge >= 0.3 is 12.2 Å². The average Bonchev–Trinajstić information content (AvgIpc) is 3.97. The normalized spacial score (nSPS) is 18.0. The van der Waals surface area contributed by atoms with Crippen molar-refractivity contribution in [1.29, 1.82) is 0 Å². The lowest BCUT2D eigenvalue weighted by Gasteiger charge is -2.30. The van der Waals surface area contributed by atoms with E-state index in [0.717, 1.165) is 46.0 Å². The van der Waals surface area contributed by atoms with Gasteiger partial charge in [-0.1, -0.05) is 64.1 Å². The zero-order chi connectivity index (χ0) is 39.4. The predicted molar refractivity (Wildman–Crippen MR) is 206 cm³/mol. The summed E-state index contributed by atoms with van der Waals surface area (Å²) < 4.78 is 4.71. The number of aromatic nitrogens is 3. The van der Waals surface area contributed by atoms with Gasteiger partial charge in [0, 0.05) is 24.7 Å². The van der Waals surface area contributed by atoms with Gasteiger partial charge in [0.1, 0.15) is 29.8 Å². The average molecular weight is 753 g/mol. The molecule has 15 heteroatoms. The Morgan fingerprint density at radius 3 is 2.15 bits per heavy atom. The van der Waals surface area contributed by atoms with Crippen molar-refractivity contribution >= 4 is 46.5 Å². The molecule has 2 aromatic carbocycles. The number of carbonyl (C=O) groups is 5. The van der Waals surface area contributed by atoms with Crippen LogP contribution in [0.4, 0.5) is 15.4 Å². The molecular formula is C40H48N8O7. The number of aromatic amines is 1. The molecule has 0 aliphatic carbocycles. The molecule has 5 amide bonds. The molecule has 4 unspecified atom stereocenters. The van der Waals surface area contributed by atoms with E-state index in [0.29, 0.717) is 37.6 Å². The van der Waals surface area contributed by atoms with Crippen molar-refractivity contribution in [2.45, 2.75) is 77.5 Å². The highest BCUT2D eigenvalue weighted by Gasteiger charge is 2.40. The summed E-state index contributed by atoms with van der Waals surface area (Å²) >= 11 is 0. The van der Waals surface area contributed by atoms with Crippen LogP contribution in [0.25, 0.3) is 33.2 Å². The minimum Gasteiger partial charge on any atom is -0.465 e. The van der Waals surface area contributed by atoms with E-state index < -0.39 is 30.3 Å². The molecule has 4 atom stereocenters. The number of imidazole rings is 1. The summed E-state index contributed by atoms with van der Waals surface area (Å²) in [6.45, 7) is 8.23. The van der Waals surface area contributed by atoms with Crippen LogP contribution in [-0.2, 0) is 19.1 Å². The fraction of sp³-hybridized carbons (Fsp3) is 0.425. The molecule has 15 nitrogen and oxygen atoms in total. The number of nitrogens with one attached hydrogen (secondary N) is 4. The van der Waals surface area contributed by atoms with Gasteiger partial charge in [0.2, 0.25) is 17.7 Å². The first-order valence-corrected chi connectivity index (χ1v) is 18.7. The number of methoxy groups -OCH3 is 1. The maximum absolute atomic E-state index is 13.6. The van der Waals surface area contributed by atoms with Crippen LogP contribution in [0.1, 0.15) is 65.2 Å². The lowest BCUT2D eigenvalue weighted by molar-refractivity contribution is -0.139. The van der Waals surface area contributed by atoms with Crippen LogP contribution in [0.2, 0.25) is 0 Å². The zero-order valence-corrected chi connectivity index (χ0v) is 31.7. The number of benzene rings is 2. The van der Waals surface area contributed by atoms with Gasteiger partial charge in [-0.2, -0.15) is 0 Å². The van der Waals surface area contributed by atoms with Gasteiger partial charge in [0.25, 0.3) is 0 Å². The molecule has 0 radical (unpaired) electrons. The number of rotatable bonds is 11. The maximum atomic E-state index is 13.6. The van der Waals surface area contributed by atoms with Crippen molar-refractivity contribution < 1.29 is 33.8 Å². The number of alkyl carbamates (subject to hydrolysis) is 1. The molecule has 2 aliphatic rings. The first kappa shape index (κ1) is 38.7. The van der Waals surface area contributed by atoms with E-state index in [-0.39, 0.29) is 35.6 Å². The number of likely N-dealkylation sites (tertiary alicyclic amines) is 2. The number of carboxylic acid groups (broad SMARTS) is 1. The fourth-order valence-electron chi connectivity index (χ4n) is 7.47. The molecule has 4 heterocycles. The Hall–Kier alpha value is -5.99. The molecule has 0 spiro atoms. The number of H-pyrrole nitrogens is 1. The summed E-state index contributed by atoms with van der Waals surface area (Å²) in [5.41, 5.74) is 3.66. The number of pyridine rings is 1. The quantitative estimate of drug-likeness (QED) is 0.130. The molecule has 5 N–H and O–H groups in total. The topological polar surface area (TPSA) is 199 Å². The van der Waals surface area contributed by atoms with E-state index in [1.54, 1.807) is 17.3 Å². The highest BCUT2D eigenvalue weighted by molar-refractivity contribution is 6.04. The molecule has 2 aliphatic heterocycles. The van der Waals surface area contributed by atoms with Crippen LogP contribution < -0.4 is 16.0 Å². The summed E-state index contributed by atoms with van der Waals surface area (Å²) in [5, 5.41) is 18.8. The molecule has 2 aromatic heterocycles. The van der Waals surface area contributed by atoms with Crippen molar-refractivity contribution in [1.82, 2.24) is 35.4 Å². The van der Waals surface area contributed by atoms with Gasteiger partial charge in [-0.05, 0) is 71.7 Å². The van der Waals surface area contributed by atoms with Crippen LogP contribution in [0.3, 0.4) is 0 Å². The molecule has 0 bridgehead atoms. The van der Waals surface area contributed by atoms with Crippen LogP contribution in [-0.4, -0.2) is 98.1 Å². The van der Waals surface area contributed by atoms with Crippen molar-refractivity contribution in [2.24, 2.45) is 11.8 Å². The fourth-order valence-corrected chi connectivity index (χ4v) is 7.47. The van der Waals surface area contributed by atoms with Gasteiger partial charge in [-0.25, -0.2) is 19.6 Å². The van der Waals surface area contributed by atoms with E-state index in [4.69, 9.17) is 4.74 Å². The standard InChI is InChI=1S/C40H48N8O7/c1-22(2)32(44-39(52)53)37(50)47-18-6-8-30(47)35-42-21-29(43-35)25-12-10-24(11-13-25)26-14-15-28-27(20-26)16-17-41-34(28)46-36(49)31-9-7-19-48(31)38(51)33(23(3)4)45-40(54)55-5/h10-17,20-23,30-33,44H,6-9,18-19H2,1-5H3,(H,42,43)(H,45,54)(H,52,53)(H,41,46,49). The number of nitrogens with zero attached hydrogens (tertiary/aromatic N) is 4. The van der Waals surface area contributed by atoms with E-state index in [9.17, 15) is 29.1 Å². The first-order chi connectivity index (χ1) is 26.4. The number of ether oxygens (including phenoxy) is 1. The molecule has 0 saturated carbocycles. The minimum atomic E-state index is -1.23. The van der Waals surface area contributed by atoms with Crippen molar-refractivity contribution in [2.75, 3.05) is 25.5 Å². The Balaban J connectivity index is 1.14. The molecule has 4 aromatic rings. The second-order valence-electron chi connectivity index (χ2n) is 14.8. The Bertz CT molecular complexity index is 2060. The van der Waals surface area contributed by atoms with E-state index in [2.05, 4.69) is 30.9 Å². The second kappa shape index (κ2) is 16.6. The van der Waals surface area contributed by atoms with Gasteiger partial charge in [0.05, 0.1) is 25.0 Å². The molecular weight excluding hydrogens is 704 g/mol. The van der Waals surface area contributed by atoms with Crippen molar-refractivity contribution in [3.05, 3.63) is 66.7 Å². The third-order valence-electron chi connectivity index (χ3n) is 10.4. The number of fused-ring (bicyclic) bond motifs is 1. The summed E-state index contributed by atoms with van der Waals surface area (Å²) in [5.74, 6) is -0.264. The number of amides is 5. The zero-order valence-electron chi connectivity index (χ0n) is 31.7. The Morgan fingerprint density at radius 1 is 0.818 bits per heavy atom. The van der Waals surface area contributed by atoms with Gasteiger partial charge in [-0.3, -0.25) is 14.4 Å².